The number of nitrogens with zero attached hydrogens (tertiary/aromatic N) is 1. The highest BCUT2D eigenvalue weighted by atomic mass is 32.2. The van der Waals surface area contributed by atoms with E-state index < -0.39 is 10.0 Å². The fourth-order valence-corrected chi connectivity index (χ4v) is 5.77. The van der Waals surface area contributed by atoms with E-state index >= 15 is 0 Å². The van der Waals surface area contributed by atoms with E-state index in [1.165, 1.54) is 12.8 Å². The molecule has 1 atom stereocenters. The molecule has 1 aliphatic heterocycles. The molecule has 0 radical (unpaired) electrons. The van der Waals surface area contributed by atoms with Crippen LogP contribution in [0.5, 0.6) is 0 Å². The van der Waals surface area contributed by atoms with Gasteiger partial charge in [-0.1, -0.05) is 6.92 Å². The van der Waals surface area contributed by atoms with E-state index in [2.05, 4.69) is 12.2 Å². The first-order valence-electron chi connectivity index (χ1n) is 7.44. The van der Waals surface area contributed by atoms with Gasteiger partial charge in [0.2, 0.25) is 10.0 Å². The maximum Gasteiger partial charge on any atom is 0.244 e. The van der Waals surface area contributed by atoms with Crippen molar-refractivity contribution < 1.29 is 8.42 Å². The minimum Gasteiger partial charge on any atom is -0.309 e. The predicted molar refractivity (Wildman–Crippen MR) is 81.4 cm³/mol. The molecule has 0 amide bonds. The van der Waals surface area contributed by atoms with Gasteiger partial charge in [0.05, 0.1) is 4.90 Å². The van der Waals surface area contributed by atoms with Crippen LogP contribution in [-0.2, 0) is 16.6 Å². The molecule has 6 heteroatoms. The monoisotopic (exact) mass is 314 g/mol. The SMILES string of the molecule is CCC1CCCN1S(=O)(=O)c1csc(CNC2CC2)c1. The van der Waals surface area contributed by atoms with Crippen LogP contribution in [0.25, 0.3) is 0 Å². The van der Waals surface area contributed by atoms with E-state index in [-0.39, 0.29) is 6.04 Å². The summed E-state index contributed by atoms with van der Waals surface area (Å²) in [5.74, 6) is 0. The molecule has 1 saturated heterocycles. The van der Waals surface area contributed by atoms with Crippen LogP contribution in [0, 0.1) is 0 Å². The number of hydrogen-bond acceptors (Lipinski definition) is 4. The minimum absolute atomic E-state index is 0.188. The Labute approximate surface area is 125 Å². The Kier molecular flexibility index (Phi) is 4.17. The Bertz CT molecular complexity index is 563. The van der Waals surface area contributed by atoms with Gasteiger partial charge in [-0.2, -0.15) is 4.31 Å². The average molecular weight is 314 g/mol. The van der Waals surface area contributed by atoms with Gasteiger partial charge in [-0.25, -0.2) is 8.42 Å². The van der Waals surface area contributed by atoms with Crippen LogP contribution in [-0.4, -0.2) is 31.4 Å². The second-order valence-electron chi connectivity index (χ2n) is 5.72. The van der Waals surface area contributed by atoms with Crippen molar-refractivity contribution in [3.63, 3.8) is 0 Å². The lowest BCUT2D eigenvalue weighted by Crippen LogP contribution is -2.34. The zero-order chi connectivity index (χ0) is 14.2. The molecule has 2 fully saturated rings. The zero-order valence-corrected chi connectivity index (χ0v) is 13.5. The Balaban J connectivity index is 1.73. The average Bonchev–Trinajstić information content (AvgIpc) is 2.95. The van der Waals surface area contributed by atoms with E-state index in [0.717, 1.165) is 30.7 Å². The van der Waals surface area contributed by atoms with Crippen LogP contribution < -0.4 is 5.32 Å². The van der Waals surface area contributed by atoms with Crippen molar-refractivity contribution in [3.05, 3.63) is 16.3 Å². The van der Waals surface area contributed by atoms with Crippen LogP contribution in [0.3, 0.4) is 0 Å². The van der Waals surface area contributed by atoms with Gasteiger partial charge in [0.1, 0.15) is 0 Å². The zero-order valence-electron chi connectivity index (χ0n) is 11.8. The second kappa shape index (κ2) is 5.75. The first-order valence-corrected chi connectivity index (χ1v) is 9.76. The van der Waals surface area contributed by atoms with Gasteiger partial charge in [0.25, 0.3) is 0 Å². The molecular formula is C14H22N2O2S2. The fraction of sp³-hybridized carbons (Fsp3) is 0.714. The van der Waals surface area contributed by atoms with E-state index in [1.807, 2.05) is 6.07 Å². The molecule has 112 valence electrons. The van der Waals surface area contributed by atoms with Crippen molar-refractivity contribution in [2.24, 2.45) is 0 Å². The Morgan fingerprint density at radius 3 is 2.90 bits per heavy atom. The molecule has 4 nitrogen and oxygen atoms in total. The molecule has 3 rings (SSSR count). The first kappa shape index (κ1) is 14.5. The summed E-state index contributed by atoms with van der Waals surface area (Å²) in [7, 11) is -3.29. The van der Waals surface area contributed by atoms with Crippen LogP contribution in [0.4, 0.5) is 0 Å². The molecule has 1 N–H and O–H groups in total. The predicted octanol–water partition coefficient (Wildman–Crippen LogP) is 2.56. The summed E-state index contributed by atoms with van der Waals surface area (Å²) < 4.78 is 27.1. The number of hydrogen-bond donors (Lipinski definition) is 1. The second-order valence-corrected chi connectivity index (χ2v) is 8.61. The maximum atomic E-state index is 12.7. The van der Waals surface area contributed by atoms with Crippen molar-refractivity contribution in [2.45, 2.75) is 62.6 Å². The molecule has 1 aromatic rings. The summed E-state index contributed by atoms with van der Waals surface area (Å²) >= 11 is 1.55. The molecule has 1 aromatic heterocycles. The highest BCUT2D eigenvalue weighted by molar-refractivity contribution is 7.89. The van der Waals surface area contributed by atoms with Crippen molar-refractivity contribution in [2.75, 3.05) is 6.54 Å². The molecule has 1 saturated carbocycles. The number of nitrogens with one attached hydrogen (secondary N) is 1. The molecular weight excluding hydrogens is 292 g/mol. The fourth-order valence-electron chi connectivity index (χ4n) is 2.79. The van der Waals surface area contributed by atoms with Crippen molar-refractivity contribution >= 4 is 21.4 Å². The van der Waals surface area contributed by atoms with Gasteiger partial charge in [-0.15, -0.1) is 11.3 Å². The standard InChI is InChI=1S/C14H22N2O2S2/c1-2-12-4-3-7-16(12)20(17,18)14-8-13(19-10-14)9-15-11-5-6-11/h8,10-12,15H,2-7,9H2,1H3. The largest absolute Gasteiger partial charge is 0.309 e. The Hall–Kier alpha value is -0.430. The van der Waals surface area contributed by atoms with Gasteiger partial charge in [0.15, 0.2) is 0 Å². The lowest BCUT2D eigenvalue weighted by atomic mass is 10.2. The third-order valence-electron chi connectivity index (χ3n) is 4.17. The lowest BCUT2D eigenvalue weighted by molar-refractivity contribution is 0.380. The highest BCUT2D eigenvalue weighted by Crippen LogP contribution is 2.30. The van der Waals surface area contributed by atoms with Crippen molar-refractivity contribution in [1.82, 2.24) is 9.62 Å². The van der Waals surface area contributed by atoms with E-state index in [4.69, 9.17) is 0 Å². The molecule has 0 bridgehead atoms. The first-order chi connectivity index (χ1) is 9.61. The van der Waals surface area contributed by atoms with Gasteiger partial charge in [0, 0.05) is 35.4 Å². The highest BCUT2D eigenvalue weighted by Gasteiger charge is 2.34. The molecule has 1 unspecified atom stereocenters. The lowest BCUT2D eigenvalue weighted by Gasteiger charge is -2.22. The molecule has 1 aliphatic carbocycles. The summed E-state index contributed by atoms with van der Waals surface area (Å²) in [4.78, 5) is 1.60. The normalized spacial score (nSPS) is 24.4. The van der Waals surface area contributed by atoms with Gasteiger partial charge in [-0.05, 0) is 38.2 Å². The van der Waals surface area contributed by atoms with Crippen LogP contribution >= 0.6 is 11.3 Å². The van der Waals surface area contributed by atoms with Gasteiger partial charge < -0.3 is 5.32 Å². The third-order valence-corrected chi connectivity index (χ3v) is 7.19. The maximum absolute atomic E-state index is 12.7. The van der Waals surface area contributed by atoms with Crippen LogP contribution in [0.1, 0.15) is 43.9 Å². The number of sulfonamides is 1. The Morgan fingerprint density at radius 2 is 2.20 bits per heavy atom. The third kappa shape index (κ3) is 2.93. The topological polar surface area (TPSA) is 49.4 Å². The minimum atomic E-state index is -3.29. The van der Waals surface area contributed by atoms with E-state index in [0.29, 0.717) is 17.5 Å². The summed E-state index contributed by atoms with van der Waals surface area (Å²) in [6.45, 7) is 3.53. The smallest absolute Gasteiger partial charge is 0.244 e. The Morgan fingerprint density at radius 1 is 1.40 bits per heavy atom. The molecule has 0 aromatic carbocycles. The number of rotatable bonds is 6. The molecule has 2 heterocycles. The molecule has 2 aliphatic rings. The van der Waals surface area contributed by atoms with Gasteiger partial charge >= 0.3 is 0 Å². The van der Waals surface area contributed by atoms with Crippen molar-refractivity contribution in [1.29, 1.82) is 0 Å². The van der Waals surface area contributed by atoms with Crippen LogP contribution in [0.2, 0.25) is 0 Å². The van der Waals surface area contributed by atoms with Crippen LogP contribution in [0.15, 0.2) is 16.3 Å². The molecule has 0 spiro atoms. The summed E-state index contributed by atoms with van der Waals surface area (Å²) in [5.41, 5.74) is 0. The molecule has 20 heavy (non-hydrogen) atoms. The van der Waals surface area contributed by atoms with E-state index in [9.17, 15) is 8.42 Å². The summed E-state index contributed by atoms with van der Waals surface area (Å²) in [6.07, 6.45) is 5.39. The van der Waals surface area contributed by atoms with Gasteiger partial charge in [-0.3, -0.25) is 0 Å². The number of thiophene rings is 1. The van der Waals surface area contributed by atoms with E-state index in [1.54, 1.807) is 21.0 Å². The summed E-state index contributed by atoms with van der Waals surface area (Å²) in [6, 6.07) is 2.69. The van der Waals surface area contributed by atoms with Crippen molar-refractivity contribution in [3.8, 4) is 0 Å². The quantitative estimate of drug-likeness (QED) is 0.878. The summed E-state index contributed by atoms with van der Waals surface area (Å²) in [5, 5.41) is 5.23.